The van der Waals surface area contributed by atoms with Crippen LogP contribution in [0.2, 0.25) is 0 Å². The number of nitrogens with zero attached hydrogens (tertiary/aromatic N) is 2. The van der Waals surface area contributed by atoms with Crippen LogP contribution in [0.1, 0.15) is 6.92 Å². The molecule has 1 aromatic carbocycles. The lowest BCUT2D eigenvalue weighted by molar-refractivity contribution is -0.150. The summed E-state index contributed by atoms with van der Waals surface area (Å²) in [6, 6.07) is 6.21. The topological polar surface area (TPSA) is 60.9 Å². The molecular formula is C14H17FN2O3. The first-order valence-electron chi connectivity index (χ1n) is 6.51. The standard InChI is InChI=1S/C14H17FN2O3/c1-10(14(19)20)13(18)17-8-6-16(7-9-17)12-4-2-11(15)3-5-12/h2-5,10H,6-9H2,1H3,(H,19,20). The quantitative estimate of drug-likeness (QED) is 0.845. The summed E-state index contributed by atoms with van der Waals surface area (Å²) < 4.78 is 12.9. The average Bonchev–Trinajstić information content (AvgIpc) is 2.46. The molecule has 20 heavy (non-hydrogen) atoms. The Bertz CT molecular complexity index is 496. The Morgan fingerprint density at radius 3 is 2.20 bits per heavy atom. The number of aliphatic carboxylic acids is 1. The molecule has 0 saturated carbocycles. The third kappa shape index (κ3) is 3.07. The average molecular weight is 280 g/mol. The third-order valence-electron chi connectivity index (χ3n) is 3.52. The Kier molecular flexibility index (Phi) is 4.22. The number of benzene rings is 1. The molecule has 0 aliphatic carbocycles. The number of rotatable bonds is 3. The number of piperazine rings is 1. The van der Waals surface area contributed by atoms with Crippen molar-refractivity contribution in [3.8, 4) is 0 Å². The number of hydrogen-bond acceptors (Lipinski definition) is 3. The molecule has 1 fully saturated rings. The number of carbonyl (C=O) groups is 2. The summed E-state index contributed by atoms with van der Waals surface area (Å²) in [5.41, 5.74) is 0.907. The molecule has 0 spiro atoms. The molecule has 1 aliphatic heterocycles. The van der Waals surface area contributed by atoms with Crippen LogP contribution in [0.3, 0.4) is 0 Å². The molecule has 0 radical (unpaired) electrons. The van der Waals surface area contributed by atoms with E-state index >= 15 is 0 Å². The van der Waals surface area contributed by atoms with Gasteiger partial charge in [0.15, 0.2) is 0 Å². The van der Waals surface area contributed by atoms with Crippen molar-refractivity contribution in [2.24, 2.45) is 5.92 Å². The van der Waals surface area contributed by atoms with Gasteiger partial charge in [0.05, 0.1) is 0 Å². The van der Waals surface area contributed by atoms with Gasteiger partial charge in [-0.25, -0.2) is 4.39 Å². The van der Waals surface area contributed by atoms with E-state index in [0.717, 1.165) is 5.69 Å². The van der Waals surface area contributed by atoms with Gasteiger partial charge in [-0.05, 0) is 31.2 Å². The molecule has 1 aliphatic rings. The minimum atomic E-state index is -1.10. The maximum Gasteiger partial charge on any atom is 0.315 e. The third-order valence-corrected chi connectivity index (χ3v) is 3.52. The highest BCUT2D eigenvalue weighted by Crippen LogP contribution is 2.17. The number of carboxylic acids is 1. The SMILES string of the molecule is CC(C(=O)O)C(=O)N1CCN(c2ccc(F)cc2)CC1. The second-order valence-corrected chi connectivity index (χ2v) is 4.85. The molecule has 0 aromatic heterocycles. The molecule has 6 heteroatoms. The molecule has 1 atom stereocenters. The van der Waals surface area contributed by atoms with Crippen molar-refractivity contribution in [1.82, 2.24) is 4.90 Å². The summed E-state index contributed by atoms with van der Waals surface area (Å²) in [4.78, 5) is 26.3. The molecule has 1 N–H and O–H groups in total. The fraction of sp³-hybridized carbons (Fsp3) is 0.429. The van der Waals surface area contributed by atoms with Crippen molar-refractivity contribution in [3.05, 3.63) is 30.1 Å². The van der Waals surface area contributed by atoms with Crippen LogP contribution in [-0.2, 0) is 9.59 Å². The predicted molar refractivity (Wildman–Crippen MR) is 72.0 cm³/mol. The Labute approximate surface area is 116 Å². The Morgan fingerprint density at radius 1 is 1.15 bits per heavy atom. The largest absolute Gasteiger partial charge is 0.481 e. The highest BCUT2D eigenvalue weighted by molar-refractivity contribution is 5.96. The van der Waals surface area contributed by atoms with E-state index < -0.39 is 11.9 Å². The van der Waals surface area contributed by atoms with E-state index in [1.54, 1.807) is 17.0 Å². The van der Waals surface area contributed by atoms with Gasteiger partial charge in [-0.1, -0.05) is 0 Å². The Morgan fingerprint density at radius 2 is 1.70 bits per heavy atom. The second-order valence-electron chi connectivity index (χ2n) is 4.85. The lowest BCUT2D eigenvalue weighted by atomic mass is 10.1. The maximum absolute atomic E-state index is 12.9. The van der Waals surface area contributed by atoms with E-state index in [-0.39, 0.29) is 11.7 Å². The van der Waals surface area contributed by atoms with Crippen LogP contribution in [0, 0.1) is 11.7 Å². The first-order valence-corrected chi connectivity index (χ1v) is 6.51. The van der Waals surface area contributed by atoms with Gasteiger partial charge in [0, 0.05) is 31.9 Å². The zero-order valence-corrected chi connectivity index (χ0v) is 11.3. The molecule has 0 bridgehead atoms. The van der Waals surface area contributed by atoms with Gasteiger partial charge in [0.25, 0.3) is 0 Å². The van der Waals surface area contributed by atoms with E-state index in [4.69, 9.17) is 5.11 Å². The van der Waals surface area contributed by atoms with E-state index in [1.165, 1.54) is 19.1 Å². The fourth-order valence-electron chi connectivity index (χ4n) is 2.22. The molecule has 108 valence electrons. The van der Waals surface area contributed by atoms with Crippen LogP contribution < -0.4 is 4.90 Å². The first-order chi connectivity index (χ1) is 9.49. The number of anilines is 1. The number of carbonyl (C=O) groups excluding carboxylic acids is 1. The van der Waals surface area contributed by atoms with Gasteiger partial charge in [-0.15, -0.1) is 0 Å². The van der Waals surface area contributed by atoms with Crippen LogP contribution in [0.15, 0.2) is 24.3 Å². The molecule has 1 aromatic rings. The van der Waals surface area contributed by atoms with Gasteiger partial charge < -0.3 is 14.9 Å². The summed E-state index contributed by atoms with van der Waals surface area (Å²) in [6.45, 7) is 3.59. The summed E-state index contributed by atoms with van der Waals surface area (Å²) in [7, 11) is 0. The van der Waals surface area contributed by atoms with Gasteiger partial charge >= 0.3 is 5.97 Å². The molecule has 2 rings (SSSR count). The molecule has 1 heterocycles. The Hall–Kier alpha value is -2.11. The normalized spacial score (nSPS) is 16.9. The van der Waals surface area contributed by atoms with Crippen molar-refractivity contribution < 1.29 is 19.1 Å². The van der Waals surface area contributed by atoms with E-state index in [1.807, 2.05) is 0 Å². The predicted octanol–water partition coefficient (Wildman–Crippen LogP) is 1.19. The van der Waals surface area contributed by atoms with Crippen LogP contribution in [0.4, 0.5) is 10.1 Å². The molecule has 1 unspecified atom stereocenters. The summed E-state index contributed by atoms with van der Waals surface area (Å²) in [6.07, 6.45) is 0. The maximum atomic E-state index is 12.9. The number of hydrogen-bond donors (Lipinski definition) is 1. The summed E-state index contributed by atoms with van der Waals surface area (Å²) in [5.74, 6) is -2.74. The second kappa shape index (κ2) is 5.90. The van der Waals surface area contributed by atoms with Crippen molar-refractivity contribution in [3.63, 3.8) is 0 Å². The molecule has 1 saturated heterocycles. The zero-order chi connectivity index (χ0) is 14.7. The van der Waals surface area contributed by atoms with Gasteiger partial charge in [-0.3, -0.25) is 9.59 Å². The van der Waals surface area contributed by atoms with E-state index in [2.05, 4.69) is 4.90 Å². The molecule has 1 amide bonds. The highest BCUT2D eigenvalue weighted by atomic mass is 19.1. The fourth-order valence-corrected chi connectivity index (χ4v) is 2.22. The Balaban J connectivity index is 1.94. The zero-order valence-electron chi connectivity index (χ0n) is 11.3. The highest BCUT2D eigenvalue weighted by Gasteiger charge is 2.28. The smallest absolute Gasteiger partial charge is 0.315 e. The van der Waals surface area contributed by atoms with Gasteiger partial charge in [0.2, 0.25) is 5.91 Å². The molecule has 5 nitrogen and oxygen atoms in total. The van der Waals surface area contributed by atoms with Crippen LogP contribution >= 0.6 is 0 Å². The minimum Gasteiger partial charge on any atom is -0.481 e. The summed E-state index contributed by atoms with van der Waals surface area (Å²) in [5, 5.41) is 8.85. The van der Waals surface area contributed by atoms with Crippen molar-refractivity contribution in [1.29, 1.82) is 0 Å². The number of halogens is 1. The van der Waals surface area contributed by atoms with Crippen LogP contribution in [-0.4, -0.2) is 48.1 Å². The number of amides is 1. The number of carboxylic acid groups (broad SMARTS) is 1. The van der Waals surface area contributed by atoms with E-state index in [0.29, 0.717) is 26.2 Å². The van der Waals surface area contributed by atoms with Crippen molar-refractivity contribution >= 4 is 17.6 Å². The van der Waals surface area contributed by atoms with Gasteiger partial charge in [0.1, 0.15) is 11.7 Å². The van der Waals surface area contributed by atoms with Crippen molar-refractivity contribution in [2.45, 2.75) is 6.92 Å². The van der Waals surface area contributed by atoms with Gasteiger partial charge in [-0.2, -0.15) is 0 Å². The minimum absolute atomic E-state index is 0.280. The van der Waals surface area contributed by atoms with Crippen molar-refractivity contribution in [2.75, 3.05) is 31.1 Å². The molecular weight excluding hydrogens is 263 g/mol. The first kappa shape index (κ1) is 14.3. The lowest BCUT2D eigenvalue weighted by Gasteiger charge is -2.36. The lowest BCUT2D eigenvalue weighted by Crippen LogP contribution is -2.51. The van der Waals surface area contributed by atoms with Crippen LogP contribution in [0.5, 0.6) is 0 Å². The monoisotopic (exact) mass is 280 g/mol. The summed E-state index contributed by atoms with van der Waals surface area (Å²) >= 11 is 0. The van der Waals surface area contributed by atoms with Crippen LogP contribution in [0.25, 0.3) is 0 Å². The van der Waals surface area contributed by atoms with E-state index in [9.17, 15) is 14.0 Å².